The number of nitrogens with two attached hydrogens (primary N) is 1. The maximum atomic E-state index is 12.7. The Hall–Kier alpha value is -2.88. The molecule has 0 aromatic carbocycles. The largest absolute Gasteiger partial charge is 0.383 e. The molecule has 3 aromatic heterocycles. The molecule has 0 saturated heterocycles. The lowest BCUT2D eigenvalue weighted by molar-refractivity contribution is 0.505. The monoisotopic (exact) mass is 432 g/mol. The summed E-state index contributed by atoms with van der Waals surface area (Å²) in [7, 11) is 0. The van der Waals surface area contributed by atoms with Gasteiger partial charge in [0.2, 0.25) is 0 Å². The lowest BCUT2D eigenvalue weighted by Crippen LogP contribution is -2.40. The van der Waals surface area contributed by atoms with Gasteiger partial charge in [0.05, 0.1) is 12.2 Å². The topological polar surface area (TPSA) is 118 Å². The summed E-state index contributed by atoms with van der Waals surface area (Å²) in [6.45, 7) is 11.0. The first-order valence-electron chi connectivity index (χ1n) is 9.92. The summed E-state index contributed by atoms with van der Waals surface area (Å²) < 4.78 is 2.95. The van der Waals surface area contributed by atoms with E-state index < -0.39 is 11.2 Å². The molecule has 0 radical (unpaired) electrons. The number of aryl methyl sites for hydroxylation is 1. The van der Waals surface area contributed by atoms with E-state index >= 15 is 0 Å². The molecule has 3 rings (SSSR count). The number of nitrogen functional groups attached to an aromatic ring is 1. The fraction of sp³-hybridized carbons (Fsp3) is 0.500. The number of rotatable bonds is 7. The van der Waals surface area contributed by atoms with E-state index in [1.165, 1.54) is 22.0 Å². The highest BCUT2D eigenvalue weighted by atomic mass is 32.1. The molecule has 0 unspecified atom stereocenters. The van der Waals surface area contributed by atoms with E-state index in [1.54, 1.807) is 9.30 Å². The zero-order chi connectivity index (χ0) is 22.2. The molecule has 162 valence electrons. The third-order valence-corrected chi connectivity index (χ3v) is 5.59. The molecule has 9 nitrogen and oxygen atoms in total. The first-order chi connectivity index (χ1) is 14.1. The van der Waals surface area contributed by atoms with Crippen LogP contribution in [-0.4, -0.2) is 25.5 Å². The zero-order valence-corrected chi connectivity index (χ0v) is 18.7. The van der Waals surface area contributed by atoms with Crippen LogP contribution in [0.2, 0.25) is 0 Å². The fourth-order valence-electron chi connectivity index (χ4n) is 3.48. The van der Waals surface area contributed by atoms with Crippen LogP contribution < -0.4 is 27.4 Å². The second-order valence-corrected chi connectivity index (χ2v) is 9.19. The molecule has 3 heterocycles. The Kier molecular flexibility index (Phi) is 6.16. The highest BCUT2D eigenvalue weighted by Gasteiger charge is 2.21. The number of H-pyrrole nitrogens is 1. The molecular weight excluding hydrogens is 404 g/mol. The van der Waals surface area contributed by atoms with Gasteiger partial charge in [-0.2, -0.15) is 0 Å². The minimum absolute atomic E-state index is 0.128. The van der Waals surface area contributed by atoms with E-state index in [2.05, 4.69) is 9.97 Å². The van der Waals surface area contributed by atoms with Crippen LogP contribution >= 0.6 is 11.3 Å². The third-order valence-electron chi connectivity index (χ3n) is 4.65. The molecule has 30 heavy (non-hydrogen) atoms. The van der Waals surface area contributed by atoms with Gasteiger partial charge in [0.15, 0.2) is 4.96 Å². The average Bonchev–Trinajstić information content (AvgIpc) is 2.99. The summed E-state index contributed by atoms with van der Waals surface area (Å²) in [6, 6.07) is 1.48. The number of nitrogens with zero attached hydrogens (tertiary/aromatic N) is 4. The van der Waals surface area contributed by atoms with E-state index in [-0.39, 0.29) is 35.4 Å². The quantitative estimate of drug-likeness (QED) is 0.588. The van der Waals surface area contributed by atoms with Crippen molar-refractivity contribution in [1.82, 2.24) is 18.9 Å². The van der Waals surface area contributed by atoms with Gasteiger partial charge in [-0.1, -0.05) is 27.7 Å². The number of fused-ring (bicyclic) bond motifs is 1. The van der Waals surface area contributed by atoms with Crippen LogP contribution in [0.4, 0.5) is 11.5 Å². The standard InChI is InChI=1S/C20H28N6O3S/c1-11(2)7-24(9-14-6-15(27)26-13(5)10-30-20(26)22-14)16-17(21)25(8-12(3)4)19(29)23-18(16)28/h6,10-12H,7-9,21H2,1-5H3,(H,23,28,29). The predicted octanol–water partition coefficient (Wildman–Crippen LogP) is 1.82. The number of anilines is 2. The van der Waals surface area contributed by atoms with Gasteiger partial charge in [0, 0.05) is 30.2 Å². The van der Waals surface area contributed by atoms with E-state index in [0.29, 0.717) is 23.7 Å². The van der Waals surface area contributed by atoms with Crippen LogP contribution in [0.25, 0.3) is 4.96 Å². The molecular formula is C20H28N6O3S. The van der Waals surface area contributed by atoms with Crippen LogP contribution in [0.15, 0.2) is 25.8 Å². The van der Waals surface area contributed by atoms with Gasteiger partial charge in [-0.25, -0.2) is 9.78 Å². The van der Waals surface area contributed by atoms with Crippen molar-refractivity contribution in [2.24, 2.45) is 11.8 Å². The van der Waals surface area contributed by atoms with Crippen molar-refractivity contribution in [1.29, 1.82) is 0 Å². The van der Waals surface area contributed by atoms with Gasteiger partial charge in [0.1, 0.15) is 11.5 Å². The van der Waals surface area contributed by atoms with Crippen molar-refractivity contribution in [2.45, 2.75) is 47.7 Å². The average molecular weight is 433 g/mol. The summed E-state index contributed by atoms with van der Waals surface area (Å²) in [5.41, 5.74) is 6.69. The number of thiazole rings is 1. The number of hydrogen-bond acceptors (Lipinski definition) is 7. The van der Waals surface area contributed by atoms with Crippen LogP contribution in [0, 0.1) is 18.8 Å². The van der Waals surface area contributed by atoms with Gasteiger partial charge >= 0.3 is 5.69 Å². The molecule has 0 aliphatic heterocycles. The first-order valence-corrected chi connectivity index (χ1v) is 10.8. The van der Waals surface area contributed by atoms with E-state index in [1.807, 2.05) is 40.0 Å². The Balaban J connectivity index is 2.11. The van der Waals surface area contributed by atoms with Crippen molar-refractivity contribution in [3.8, 4) is 0 Å². The second-order valence-electron chi connectivity index (χ2n) is 8.35. The fourth-order valence-corrected chi connectivity index (χ4v) is 4.37. The van der Waals surface area contributed by atoms with Crippen LogP contribution in [0.3, 0.4) is 0 Å². The van der Waals surface area contributed by atoms with Crippen LogP contribution in [-0.2, 0) is 13.1 Å². The molecule has 0 atom stereocenters. The van der Waals surface area contributed by atoms with Gasteiger partial charge in [-0.3, -0.25) is 23.5 Å². The highest BCUT2D eigenvalue weighted by molar-refractivity contribution is 7.15. The summed E-state index contributed by atoms with van der Waals surface area (Å²) >= 11 is 1.39. The van der Waals surface area contributed by atoms with Gasteiger partial charge < -0.3 is 10.6 Å². The van der Waals surface area contributed by atoms with Gasteiger partial charge in [-0.15, -0.1) is 11.3 Å². The third kappa shape index (κ3) is 4.33. The molecule has 10 heteroatoms. The molecule has 0 fully saturated rings. The molecule has 3 aromatic rings. The maximum absolute atomic E-state index is 12.7. The molecule has 0 aliphatic carbocycles. The Labute approximate surface area is 177 Å². The summed E-state index contributed by atoms with van der Waals surface area (Å²) in [5.74, 6) is 0.513. The van der Waals surface area contributed by atoms with Crippen LogP contribution in [0.1, 0.15) is 39.1 Å². The number of aromatic amines is 1. The zero-order valence-electron chi connectivity index (χ0n) is 17.9. The number of aromatic nitrogens is 4. The lowest BCUT2D eigenvalue weighted by atomic mass is 10.2. The number of hydrogen-bond donors (Lipinski definition) is 2. The first kappa shape index (κ1) is 21.8. The van der Waals surface area contributed by atoms with Crippen molar-refractivity contribution in [2.75, 3.05) is 17.2 Å². The Bertz CT molecular complexity index is 1230. The van der Waals surface area contributed by atoms with E-state index in [4.69, 9.17) is 5.73 Å². The second kappa shape index (κ2) is 8.47. The molecule has 0 spiro atoms. The molecule has 0 bridgehead atoms. The Morgan fingerprint density at radius 1 is 1.20 bits per heavy atom. The summed E-state index contributed by atoms with van der Waals surface area (Å²) in [4.78, 5) is 46.9. The molecule has 0 amide bonds. The minimum Gasteiger partial charge on any atom is -0.383 e. The Morgan fingerprint density at radius 2 is 1.90 bits per heavy atom. The van der Waals surface area contributed by atoms with Crippen LogP contribution in [0.5, 0.6) is 0 Å². The van der Waals surface area contributed by atoms with E-state index in [9.17, 15) is 14.4 Å². The van der Waals surface area contributed by atoms with Gasteiger partial charge in [0.25, 0.3) is 11.1 Å². The lowest BCUT2D eigenvalue weighted by Gasteiger charge is -2.27. The van der Waals surface area contributed by atoms with Crippen molar-refractivity contribution < 1.29 is 0 Å². The molecule has 0 saturated carbocycles. The van der Waals surface area contributed by atoms with Crippen molar-refractivity contribution in [3.63, 3.8) is 0 Å². The molecule has 3 N–H and O–H groups in total. The maximum Gasteiger partial charge on any atom is 0.330 e. The Morgan fingerprint density at radius 3 is 2.53 bits per heavy atom. The predicted molar refractivity (Wildman–Crippen MR) is 121 cm³/mol. The number of nitrogens with one attached hydrogen (secondary N) is 1. The molecule has 0 aliphatic rings. The normalized spacial score (nSPS) is 11.7. The minimum atomic E-state index is -0.539. The summed E-state index contributed by atoms with van der Waals surface area (Å²) in [5, 5.41) is 1.88. The van der Waals surface area contributed by atoms with Crippen molar-refractivity contribution in [3.05, 3.63) is 54.0 Å². The van der Waals surface area contributed by atoms with Crippen molar-refractivity contribution >= 4 is 27.8 Å². The summed E-state index contributed by atoms with van der Waals surface area (Å²) in [6.07, 6.45) is 0. The highest BCUT2D eigenvalue weighted by Crippen LogP contribution is 2.21. The smallest absolute Gasteiger partial charge is 0.330 e. The SMILES string of the molecule is Cc1csc2nc(CN(CC(C)C)c3c(N)n(CC(C)C)c(=O)[nH]c3=O)cc(=O)n12. The van der Waals surface area contributed by atoms with Gasteiger partial charge in [-0.05, 0) is 18.8 Å². The van der Waals surface area contributed by atoms with E-state index in [0.717, 1.165) is 5.69 Å².